The van der Waals surface area contributed by atoms with Crippen molar-refractivity contribution in [2.75, 3.05) is 7.11 Å². The fourth-order valence-corrected chi connectivity index (χ4v) is 3.98. The number of hydrogen-bond donors (Lipinski definition) is 1. The number of esters is 1. The molecular weight excluding hydrogens is 294 g/mol. The topological polar surface area (TPSA) is 64.6 Å². The molecule has 0 aliphatic heterocycles. The second-order valence-corrected chi connectivity index (χ2v) is 8.22. The van der Waals surface area contributed by atoms with E-state index >= 15 is 0 Å². The van der Waals surface area contributed by atoms with E-state index in [0.29, 0.717) is 5.41 Å². The van der Waals surface area contributed by atoms with Gasteiger partial charge in [0.15, 0.2) is 0 Å². The number of alkyl carbamates (subject to hydrolysis) is 1. The van der Waals surface area contributed by atoms with E-state index in [-0.39, 0.29) is 24.0 Å². The molecule has 0 radical (unpaired) electrons. The molecule has 0 unspecified atom stereocenters. The van der Waals surface area contributed by atoms with Gasteiger partial charge in [0.25, 0.3) is 0 Å². The molecule has 5 heteroatoms. The van der Waals surface area contributed by atoms with Gasteiger partial charge in [-0.15, -0.1) is 0 Å². The molecule has 2 aliphatic rings. The number of carbonyl (C=O) groups is 2. The van der Waals surface area contributed by atoms with Crippen LogP contribution in [-0.2, 0) is 14.3 Å². The maximum atomic E-state index is 11.9. The van der Waals surface area contributed by atoms with Crippen molar-refractivity contribution in [3.63, 3.8) is 0 Å². The Balaban J connectivity index is 1.76. The van der Waals surface area contributed by atoms with Crippen LogP contribution in [0, 0.1) is 11.3 Å². The molecule has 2 saturated carbocycles. The van der Waals surface area contributed by atoms with Crippen molar-refractivity contribution < 1.29 is 19.1 Å². The number of amides is 1. The summed E-state index contributed by atoms with van der Waals surface area (Å²) in [4.78, 5) is 23.5. The van der Waals surface area contributed by atoms with E-state index in [1.165, 1.54) is 7.11 Å². The molecule has 0 aromatic carbocycles. The van der Waals surface area contributed by atoms with Crippen LogP contribution in [0.2, 0.25) is 0 Å². The summed E-state index contributed by atoms with van der Waals surface area (Å²) in [6, 6.07) is 0.216. The Kier molecular flexibility index (Phi) is 5.58. The predicted molar refractivity (Wildman–Crippen MR) is 88.0 cm³/mol. The average molecular weight is 325 g/mol. The summed E-state index contributed by atoms with van der Waals surface area (Å²) >= 11 is 0. The zero-order valence-electron chi connectivity index (χ0n) is 14.9. The summed E-state index contributed by atoms with van der Waals surface area (Å²) < 4.78 is 10.2. The van der Waals surface area contributed by atoms with Gasteiger partial charge in [-0.2, -0.15) is 0 Å². The Morgan fingerprint density at radius 1 is 1.00 bits per heavy atom. The highest BCUT2D eigenvalue weighted by atomic mass is 16.6. The Hall–Kier alpha value is -1.26. The van der Waals surface area contributed by atoms with Gasteiger partial charge in [-0.3, -0.25) is 4.79 Å². The van der Waals surface area contributed by atoms with Crippen LogP contribution >= 0.6 is 0 Å². The van der Waals surface area contributed by atoms with Gasteiger partial charge in [0.05, 0.1) is 13.0 Å². The van der Waals surface area contributed by atoms with Crippen molar-refractivity contribution in [3.05, 3.63) is 0 Å². The fraction of sp³-hybridized carbons (Fsp3) is 0.889. The quantitative estimate of drug-likeness (QED) is 0.784. The number of nitrogens with one attached hydrogen (secondary N) is 1. The summed E-state index contributed by atoms with van der Waals surface area (Å²) in [7, 11) is 1.47. The van der Waals surface area contributed by atoms with Crippen LogP contribution in [-0.4, -0.2) is 30.8 Å². The van der Waals surface area contributed by atoms with Gasteiger partial charge >= 0.3 is 12.1 Å². The second-order valence-electron chi connectivity index (χ2n) is 8.22. The van der Waals surface area contributed by atoms with Crippen LogP contribution in [0.25, 0.3) is 0 Å². The molecule has 0 heterocycles. The molecule has 1 spiro atoms. The maximum absolute atomic E-state index is 11.9. The standard InChI is InChI=1S/C18H31NO4/c1-17(2,3)23-16(21)19-14-7-11-18(12-8-14)9-5-13(6-10-18)15(20)22-4/h13-14H,5-12H2,1-4H3,(H,19,21). The Morgan fingerprint density at radius 3 is 2.00 bits per heavy atom. The molecule has 132 valence electrons. The molecule has 5 nitrogen and oxygen atoms in total. The third-order valence-electron chi connectivity index (χ3n) is 5.35. The summed E-state index contributed by atoms with van der Waals surface area (Å²) in [6.45, 7) is 5.63. The van der Waals surface area contributed by atoms with E-state index in [1.54, 1.807) is 0 Å². The summed E-state index contributed by atoms with van der Waals surface area (Å²) in [5.41, 5.74) is -0.0805. The van der Waals surface area contributed by atoms with Gasteiger partial charge < -0.3 is 14.8 Å². The molecule has 0 atom stereocenters. The Labute approximate surface area is 139 Å². The van der Waals surface area contributed by atoms with Crippen LogP contribution in [0.4, 0.5) is 4.79 Å². The van der Waals surface area contributed by atoms with Crippen LogP contribution in [0.3, 0.4) is 0 Å². The van der Waals surface area contributed by atoms with Crippen LogP contribution in [0.15, 0.2) is 0 Å². The first-order valence-electron chi connectivity index (χ1n) is 8.80. The largest absolute Gasteiger partial charge is 0.469 e. The van der Waals surface area contributed by atoms with Gasteiger partial charge in [-0.1, -0.05) is 0 Å². The first kappa shape index (κ1) is 18.1. The molecule has 0 bridgehead atoms. The minimum atomic E-state index is -0.452. The molecular formula is C18H31NO4. The molecule has 1 amide bonds. The minimum Gasteiger partial charge on any atom is -0.469 e. The third kappa shape index (κ3) is 5.11. The Morgan fingerprint density at radius 2 is 1.52 bits per heavy atom. The smallest absolute Gasteiger partial charge is 0.407 e. The second kappa shape index (κ2) is 7.10. The first-order chi connectivity index (χ1) is 10.7. The highest BCUT2D eigenvalue weighted by Crippen LogP contribution is 2.49. The molecule has 2 fully saturated rings. The molecule has 23 heavy (non-hydrogen) atoms. The van der Waals surface area contributed by atoms with Gasteiger partial charge in [-0.05, 0) is 77.6 Å². The summed E-state index contributed by atoms with van der Waals surface area (Å²) in [6.07, 6.45) is 8.03. The lowest BCUT2D eigenvalue weighted by Crippen LogP contribution is -2.44. The van der Waals surface area contributed by atoms with Gasteiger partial charge in [0.2, 0.25) is 0 Å². The van der Waals surface area contributed by atoms with Crippen molar-refractivity contribution in [1.29, 1.82) is 0 Å². The van der Waals surface area contributed by atoms with Crippen molar-refractivity contribution in [2.24, 2.45) is 11.3 Å². The highest BCUT2D eigenvalue weighted by Gasteiger charge is 2.40. The number of carbonyl (C=O) groups excluding carboxylic acids is 2. The number of methoxy groups -OCH3 is 1. The first-order valence-corrected chi connectivity index (χ1v) is 8.80. The van der Waals surface area contributed by atoms with Gasteiger partial charge in [0.1, 0.15) is 5.60 Å². The summed E-state index contributed by atoms with van der Waals surface area (Å²) in [5, 5.41) is 3.00. The van der Waals surface area contributed by atoms with Crippen molar-refractivity contribution in [1.82, 2.24) is 5.32 Å². The zero-order valence-corrected chi connectivity index (χ0v) is 14.9. The highest BCUT2D eigenvalue weighted by molar-refractivity contribution is 5.72. The molecule has 0 aromatic heterocycles. The SMILES string of the molecule is COC(=O)C1CCC2(CCC(NC(=O)OC(C)(C)C)CC2)CC1. The van der Waals surface area contributed by atoms with Crippen molar-refractivity contribution >= 4 is 12.1 Å². The number of rotatable bonds is 2. The van der Waals surface area contributed by atoms with E-state index in [4.69, 9.17) is 9.47 Å². The minimum absolute atomic E-state index is 0.0554. The van der Waals surface area contributed by atoms with E-state index in [1.807, 2.05) is 20.8 Å². The molecule has 0 saturated heterocycles. The van der Waals surface area contributed by atoms with E-state index < -0.39 is 5.60 Å². The van der Waals surface area contributed by atoms with Gasteiger partial charge in [-0.25, -0.2) is 4.79 Å². The van der Waals surface area contributed by atoms with Crippen molar-refractivity contribution in [2.45, 2.75) is 83.8 Å². The lowest BCUT2D eigenvalue weighted by Gasteiger charge is -2.44. The molecule has 0 aromatic rings. The molecule has 2 rings (SSSR count). The normalized spacial score (nSPS) is 31.5. The van der Waals surface area contributed by atoms with E-state index in [9.17, 15) is 9.59 Å². The zero-order chi connectivity index (χ0) is 17.1. The monoisotopic (exact) mass is 325 g/mol. The Bertz CT molecular complexity index is 423. The van der Waals surface area contributed by atoms with E-state index in [0.717, 1.165) is 51.4 Å². The van der Waals surface area contributed by atoms with Crippen LogP contribution in [0.5, 0.6) is 0 Å². The lowest BCUT2D eigenvalue weighted by atomic mass is 9.62. The molecule has 1 N–H and O–H groups in total. The number of ether oxygens (including phenoxy) is 2. The van der Waals surface area contributed by atoms with Gasteiger partial charge in [0, 0.05) is 6.04 Å². The van der Waals surface area contributed by atoms with Crippen LogP contribution < -0.4 is 5.32 Å². The third-order valence-corrected chi connectivity index (χ3v) is 5.35. The average Bonchev–Trinajstić information content (AvgIpc) is 2.48. The van der Waals surface area contributed by atoms with E-state index in [2.05, 4.69) is 5.32 Å². The lowest BCUT2D eigenvalue weighted by molar-refractivity contribution is -0.147. The maximum Gasteiger partial charge on any atom is 0.407 e. The molecule has 2 aliphatic carbocycles. The summed E-state index contributed by atoms with van der Waals surface area (Å²) in [5.74, 6) is 0.0309. The number of hydrogen-bond acceptors (Lipinski definition) is 4. The fourth-order valence-electron chi connectivity index (χ4n) is 3.98. The van der Waals surface area contributed by atoms with Crippen molar-refractivity contribution in [3.8, 4) is 0 Å². The van der Waals surface area contributed by atoms with Crippen LogP contribution in [0.1, 0.15) is 72.1 Å². The predicted octanol–water partition coefficient (Wildman–Crippen LogP) is 3.80.